The SMILES string of the molecule is CC(C)(C)c1ccc(C(=O)NCC(=O)N/N=C/c2c(F)cccc2Cl)cc1. The van der Waals surface area contributed by atoms with E-state index in [1.54, 1.807) is 12.1 Å². The van der Waals surface area contributed by atoms with Crippen molar-refractivity contribution in [2.75, 3.05) is 6.54 Å². The molecular formula is C20H21ClFN3O2. The molecule has 0 aliphatic carbocycles. The van der Waals surface area contributed by atoms with Crippen molar-refractivity contribution in [1.82, 2.24) is 10.7 Å². The van der Waals surface area contributed by atoms with Gasteiger partial charge in [0.15, 0.2) is 0 Å². The summed E-state index contributed by atoms with van der Waals surface area (Å²) in [4.78, 5) is 23.9. The molecule has 0 radical (unpaired) electrons. The van der Waals surface area contributed by atoms with E-state index in [9.17, 15) is 14.0 Å². The molecule has 2 N–H and O–H groups in total. The fourth-order valence-corrected chi connectivity index (χ4v) is 2.44. The van der Waals surface area contributed by atoms with Crippen LogP contribution in [0.5, 0.6) is 0 Å². The molecule has 0 fully saturated rings. The lowest BCUT2D eigenvalue weighted by molar-refractivity contribution is -0.120. The second-order valence-electron chi connectivity index (χ2n) is 6.94. The largest absolute Gasteiger partial charge is 0.343 e. The summed E-state index contributed by atoms with van der Waals surface area (Å²) in [5.74, 6) is -1.46. The van der Waals surface area contributed by atoms with Gasteiger partial charge in [-0.25, -0.2) is 9.82 Å². The lowest BCUT2D eigenvalue weighted by atomic mass is 9.87. The maximum absolute atomic E-state index is 13.6. The van der Waals surface area contributed by atoms with Crippen molar-refractivity contribution in [2.24, 2.45) is 5.10 Å². The van der Waals surface area contributed by atoms with Crippen LogP contribution in [0, 0.1) is 5.82 Å². The molecule has 0 saturated heterocycles. The molecule has 2 amide bonds. The van der Waals surface area contributed by atoms with Crippen molar-refractivity contribution < 1.29 is 14.0 Å². The Morgan fingerprint density at radius 3 is 2.41 bits per heavy atom. The summed E-state index contributed by atoms with van der Waals surface area (Å²) < 4.78 is 13.6. The predicted molar refractivity (Wildman–Crippen MR) is 105 cm³/mol. The summed E-state index contributed by atoms with van der Waals surface area (Å²) in [6, 6.07) is 11.4. The van der Waals surface area contributed by atoms with E-state index in [1.165, 1.54) is 18.2 Å². The highest BCUT2D eigenvalue weighted by Crippen LogP contribution is 2.22. The fraction of sp³-hybridized carbons (Fsp3) is 0.250. The molecule has 7 heteroatoms. The third kappa shape index (κ3) is 5.89. The molecule has 2 rings (SSSR count). The average Bonchev–Trinajstić information content (AvgIpc) is 2.61. The number of carbonyl (C=O) groups excluding carboxylic acids is 2. The molecule has 27 heavy (non-hydrogen) atoms. The number of hydrazone groups is 1. The van der Waals surface area contributed by atoms with Gasteiger partial charge in [-0.05, 0) is 35.2 Å². The van der Waals surface area contributed by atoms with Gasteiger partial charge in [-0.15, -0.1) is 0 Å². The highest BCUT2D eigenvalue weighted by Gasteiger charge is 2.14. The molecule has 2 aromatic rings. The predicted octanol–water partition coefficient (Wildman–Crippen LogP) is 3.66. The number of hydrogen-bond donors (Lipinski definition) is 2. The zero-order valence-electron chi connectivity index (χ0n) is 15.3. The van der Waals surface area contributed by atoms with Crippen molar-refractivity contribution in [2.45, 2.75) is 26.2 Å². The van der Waals surface area contributed by atoms with Gasteiger partial charge in [-0.2, -0.15) is 5.10 Å². The van der Waals surface area contributed by atoms with Crippen LogP contribution >= 0.6 is 11.6 Å². The molecule has 0 aliphatic heterocycles. The summed E-state index contributed by atoms with van der Waals surface area (Å²) in [5, 5.41) is 6.34. The number of rotatable bonds is 5. The van der Waals surface area contributed by atoms with Crippen LogP contribution in [0.15, 0.2) is 47.6 Å². The molecule has 0 aliphatic rings. The van der Waals surface area contributed by atoms with Gasteiger partial charge >= 0.3 is 0 Å². The molecule has 0 aromatic heterocycles. The first kappa shape index (κ1) is 20.6. The Balaban J connectivity index is 1.86. The minimum Gasteiger partial charge on any atom is -0.343 e. The number of amides is 2. The number of nitrogens with zero attached hydrogens (tertiary/aromatic N) is 1. The second-order valence-corrected chi connectivity index (χ2v) is 7.35. The van der Waals surface area contributed by atoms with Gasteiger partial charge in [0.1, 0.15) is 5.82 Å². The Hall–Kier alpha value is -2.73. The van der Waals surface area contributed by atoms with E-state index in [2.05, 4.69) is 36.6 Å². The van der Waals surface area contributed by atoms with Crippen LogP contribution in [0.25, 0.3) is 0 Å². The van der Waals surface area contributed by atoms with Crippen LogP contribution in [0.2, 0.25) is 5.02 Å². The molecule has 2 aromatic carbocycles. The van der Waals surface area contributed by atoms with E-state index in [-0.39, 0.29) is 28.5 Å². The van der Waals surface area contributed by atoms with E-state index in [4.69, 9.17) is 11.6 Å². The Labute approximate surface area is 162 Å². The molecule has 0 saturated carbocycles. The maximum Gasteiger partial charge on any atom is 0.259 e. The standard InChI is InChI=1S/C20H21ClFN3O2/c1-20(2,3)14-9-7-13(8-10-14)19(27)23-12-18(26)25-24-11-15-16(21)5-4-6-17(15)22/h4-11H,12H2,1-3H3,(H,23,27)(H,25,26)/b24-11+. The third-order valence-electron chi connectivity index (χ3n) is 3.81. The zero-order chi connectivity index (χ0) is 20.0. The van der Waals surface area contributed by atoms with Gasteiger partial charge in [-0.1, -0.05) is 50.6 Å². The minimum atomic E-state index is -0.549. The van der Waals surface area contributed by atoms with E-state index in [0.29, 0.717) is 5.56 Å². The smallest absolute Gasteiger partial charge is 0.259 e. The number of nitrogens with one attached hydrogen (secondary N) is 2. The van der Waals surface area contributed by atoms with E-state index >= 15 is 0 Å². The topological polar surface area (TPSA) is 70.6 Å². The van der Waals surface area contributed by atoms with Crippen molar-refractivity contribution in [3.05, 3.63) is 70.0 Å². The minimum absolute atomic E-state index is 0.00593. The number of hydrogen-bond acceptors (Lipinski definition) is 3. The van der Waals surface area contributed by atoms with Gasteiger partial charge in [0.2, 0.25) is 0 Å². The van der Waals surface area contributed by atoms with E-state index < -0.39 is 11.7 Å². The first-order chi connectivity index (χ1) is 12.7. The van der Waals surface area contributed by atoms with Crippen molar-refractivity contribution >= 4 is 29.6 Å². The number of halogens is 2. The maximum atomic E-state index is 13.6. The van der Waals surface area contributed by atoms with Crippen LogP contribution in [-0.4, -0.2) is 24.6 Å². The molecule has 0 atom stereocenters. The van der Waals surface area contributed by atoms with Gasteiger partial charge in [-0.3, -0.25) is 9.59 Å². The highest BCUT2D eigenvalue weighted by molar-refractivity contribution is 6.33. The van der Waals surface area contributed by atoms with Crippen LogP contribution in [0.4, 0.5) is 4.39 Å². The molecule has 0 unspecified atom stereocenters. The molecule has 0 heterocycles. The summed E-state index contributed by atoms with van der Waals surface area (Å²) in [5.41, 5.74) is 3.84. The Bertz CT molecular complexity index is 838. The summed E-state index contributed by atoms with van der Waals surface area (Å²) in [6.07, 6.45) is 1.11. The molecule has 5 nitrogen and oxygen atoms in total. The zero-order valence-corrected chi connectivity index (χ0v) is 16.1. The number of benzene rings is 2. The number of carbonyl (C=O) groups is 2. The molecular weight excluding hydrogens is 369 g/mol. The van der Waals surface area contributed by atoms with Crippen LogP contribution in [0.3, 0.4) is 0 Å². The summed E-state index contributed by atoms with van der Waals surface area (Å²) in [7, 11) is 0. The van der Waals surface area contributed by atoms with E-state index in [0.717, 1.165) is 11.8 Å². The summed E-state index contributed by atoms with van der Waals surface area (Å²) >= 11 is 5.85. The normalized spacial score (nSPS) is 11.4. The Morgan fingerprint density at radius 2 is 1.81 bits per heavy atom. The van der Waals surface area contributed by atoms with Crippen LogP contribution in [-0.2, 0) is 10.2 Å². The lowest BCUT2D eigenvalue weighted by Crippen LogP contribution is -2.35. The molecule has 0 bridgehead atoms. The van der Waals surface area contributed by atoms with Gasteiger partial charge < -0.3 is 5.32 Å². The monoisotopic (exact) mass is 389 g/mol. The lowest BCUT2D eigenvalue weighted by Gasteiger charge is -2.19. The van der Waals surface area contributed by atoms with Gasteiger partial charge in [0, 0.05) is 11.1 Å². The van der Waals surface area contributed by atoms with Gasteiger partial charge in [0.05, 0.1) is 17.8 Å². The Kier molecular flexibility index (Phi) is 6.69. The second kappa shape index (κ2) is 8.77. The van der Waals surface area contributed by atoms with Crippen molar-refractivity contribution in [3.63, 3.8) is 0 Å². The quantitative estimate of drug-likeness (QED) is 0.605. The molecule has 142 valence electrons. The van der Waals surface area contributed by atoms with Crippen molar-refractivity contribution in [3.8, 4) is 0 Å². The third-order valence-corrected chi connectivity index (χ3v) is 4.13. The average molecular weight is 390 g/mol. The van der Waals surface area contributed by atoms with Crippen LogP contribution < -0.4 is 10.7 Å². The fourth-order valence-electron chi connectivity index (χ4n) is 2.23. The van der Waals surface area contributed by atoms with Crippen LogP contribution in [0.1, 0.15) is 42.3 Å². The first-order valence-electron chi connectivity index (χ1n) is 8.33. The summed E-state index contributed by atoms with van der Waals surface area (Å²) in [6.45, 7) is 5.99. The first-order valence-corrected chi connectivity index (χ1v) is 8.71. The Morgan fingerprint density at radius 1 is 1.15 bits per heavy atom. The highest BCUT2D eigenvalue weighted by atomic mass is 35.5. The van der Waals surface area contributed by atoms with E-state index in [1.807, 2.05) is 12.1 Å². The van der Waals surface area contributed by atoms with Gasteiger partial charge in [0.25, 0.3) is 11.8 Å². The van der Waals surface area contributed by atoms with Crippen molar-refractivity contribution in [1.29, 1.82) is 0 Å². The molecule has 0 spiro atoms.